The number of carbonyl (C=O) groups is 1. The van der Waals surface area contributed by atoms with Gasteiger partial charge in [0.25, 0.3) is 10.0 Å². The van der Waals surface area contributed by atoms with Crippen molar-refractivity contribution in [2.75, 3.05) is 18.4 Å². The lowest BCUT2D eigenvalue weighted by atomic mass is 10.1. The van der Waals surface area contributed by atoms with Crippen LogP contribution in [-0.2, 0) is 27.7 Å². The van der Waals surface area contributed by atoms with E-state index in [4.69, 9.17) is 4.74 Å². The molecule has 1 heterocycles. The molecule has 3 aromatic rings. The lowest BCUT2D eigenvalue weighted by Gasteiger charge is -2.06. The summed E-state index contributed by atoms with van der Waals surface area (Å²) >= 11 is 1.20. The van der Waals surface area contributed by atoms with Crippen LogP contribution in [0.3, 0.4) is 0 Å². The zero-order valence-electron chi connectivity index (χ0n) is 17.4. The average Bonchev–Trinajstić information content (AvgIpc) is 3.19. The zero-order valence-corrected chi connectivity index (χ0v) is 19.1. The second-order valence-corrected chi connectivity index (χ2v) is 9.55. The molecule has 0 spiro atoms. The summed E-state index contributed by atoms with van der Waals surface area (Å²) in [6.45, 7) is 2.44. The molecule has 7 nitrogen and oxygen atoms in total. The molecule has 2 N–H and O–H groups in total. The molecule has 0 aliphatic heterocycles. The molecule has 1 amide bonds. The number of amides is 1. The third kappa shape index (κ3) is 6.80. The molecule has 0 aliphatic carbocycles. The van der Waals surface area contributed by atoms with Crippen molar-refractivity contribution in [2.24, 2.45) is 0 Å². The standard InChI is InChI=1S/C22H25N3O4S2/c1-16-3-10-20(11-4-16)31(27,28)25-22-24-18(15-30-22)7-12-21(26)23-14-13-17-5-8-19(29-2)9-6-17/h3-6,8-11,15H,7,12-14H2,1-2H3,(H,23,26)(H,24,25). The van der Waals surface area contributed by atoms with E-state index in [1.165, 1.54) is 11.3 Å². The summed E-state index contributed by atoms with van der Waals surface area (Å²) in [5.41, 5.74) is 2.78. The largest absolute Gasteiger partial charge is 0.497 e. The van der Waals surface area contributed by atoms with Gasteiger partial charge in [-0.05, 0) is 49.6 Å². The van der Waals surface area contributed by atoms with Gasteiger partial charge in [-0.3, -0.25) is 9.52 Å². The fourth-order valence-corrected chi connectivity index (χ4v) is 4.83. The first-order chi connectivity index (χ1) is 14.9. The van der Waals surface area contributed by atoms with Crippen molar-refractivity contribution < 1.29 is 17.9 Å². The molecular weight excluding hydrogens is 434 g/mol. The van der Waals surface area contributed by atoms with E-state index in [1.807, 2.05) is 31.2 Å². The van der Waals surface area contributed by atoms with Crippen LogP contribution in [0.5, 0.6) is 5.75 Å². The molecule has 0 atom stereocenters. The van der Waals surface area contributed by atoms with Crippen LogP contribution < -0.4 is 14.8 Å². The number of methoxy groups -OCH3 is 1. The number of aryl methyl sites for hydroxylation is 2. The van der Waals surface area contributed by atoms with E-state index in [0.29, 0.717) is 18.7 Å². The topological polar surface area (TPSA) is 97.4 Å². The predicted octanol–water partition coefficient (Wildman–Crippen LogP) is 3.55. The summed E-state index contributed by atoms with van der Waals surface area (Å²) in [5, 5.41) is 4.94. The first-order valence-corrected chi connectivity index (χ1v) is 12.2. The summed E-state index contributed by atoms with van der Waals surface area (Å²) in [6, 6.07) is 14.3. The number of rotatable bonds is 10. The Morgan fingerprint density at radius 2 is 1.77 bits per heavy atom. The molecule has 164 valence electrons. The first kappa shape index (κ1) is 22.8. The maximum atomic E-state index is 12.4. The fourth-order valence-electron chi connectivity index (χ4n) is 2.83. The lowest BCUT2D eigenvalue weighted by Crippen LogP contribution is -2.25. The van der Waals surface area contributed by atoms with E-state index in [0.717, 1.165) is 23.3 Å². The Bertz CT molecular complexity index is 1110. The number of hydrogen-bond acceptors (Lipinski definition) is 6. The van der Waals surface area contributed by atoms with Crippen LogP contribution in [0.2, 0.25) is 0 Å². The molecule has 0 radical (unpaired) electrons. The van der Waals surface area contributed by atoms with Gasteiger partial charge in [0.15, 0.2) is 5.13 Å². The van der Waals surface area contributed by atoms with Gasteiger partial charge in [0, 0.05) is 18.3 Å². The zero-order chi connectivity index (χ0) is 22.3. The Hall–Kier alpha value is -2.91. The minimum absolute atomic E-state index is 0.0664. The number of benzene rings is 2. The highest BCUT2D eigenvalue weighted by Gasteiger charge is 2.16. The number of sulfonamides is 1. The quantitative estimate of drug-likeness (QED) is 0.483. The molecule has 9 heteroatoms. The Kier molecular flexibility index (Phi) is 7.64. The summed E-state index contributed by atoms with van der Waals surface area (Å²) in [5.74, 6) is 0.736. The molecule has 0 bridgehead atoms. The first-order valence-electron chi connectivity index (χ1n) is 9.79. The number of anilines is 1. The highest BCUT2D eigenvalue weighted by Crippen LogP contribution is 2.21. The molecule has 0 saturated heterocycles. The third-order valence-corrected chi connectivity index (χ3v) is 6.90. The van der Waals surface area contributed by atoms with Crippen LogP contribution in [0.25, 0.3) is 0 Å². The van der Waals surface area contributed by atoms with Gasteiger partial charge in [0.05, 0.1) is 17.7 Å². The van der Waals surface area contributed by atoms with Crippen molar-refractivity contribution in [1.29, 1.82) is 0 Å². The number of nitrogens with one attached hydrogen (secondary N) is 2. The highest BCUT2D eigenvalue weighted by atomic mass is 32.2. The number of thiazole rings is 1. The molecule has 1 aromatic heterocycles. The molecule has 0 unspecified atom stereocenters. The highest BCUT2D eigenvalue weighted by molar-refractivity contribution is 7.93. The molecule has 3 rings (SSSR count). The molecule has 0 saturated carbocycles. The van der Waals surface area contributed by atoms with Gasteiger partial charge in [0.2, 0.25) is 5.91 Å². The Morgan fingerprint density at radius 3 is 2.45 bits per heavy atom. The number of nitrogens with zero attached hydrogens (tertiary/aromatic N) is 1. The van der Waals surface area contributed by atoms with Gasteiger partial charge >= 0.3 is 0 Å². The SMILES string of the molecule is COc1ccc(CCNC(=O)CCc2csc(NS(=O)(=O)c3ccc(C)cc3)n2)cc1. The van der Waals surface area contributed by atoms with Gasteiger partial charge < -0.3 is 10.1 Å². The van der Waals surface area contributed by atoms with Crippen molar-refractivity contribution in [2.45, 2.75) is 31.1 Å². The van der Waals surface area contributed by atoms with E-state index in [2.05, 4.69) is 15.0 Å². The maximum Gasteiger partial charge on any atom is 0.263 e. The van der Waals surface area contributed by atoms with Crippen LogP contribution in [0.1, 0.15) is 23.2 Å². The summed E-state index contributed by atoms with van der Waals surface area (Å²) in [4.78, 5) is 16.6. The fraction of sp³-hybridized carbons (Fsp3) is 0.273. The molecule has 0 fully saturated rings. The summed E-state index contributed by atoms with van der Waals surface area (Å²) < 4.78 is 32.5. The normalized spacial score (nSPS) is 11.2. The third-order valence-electron chi connectivity index (χ3n) is 4.61. The van der Waals surface area contributed by atoms with E-state index >= 15 is 0 Å². The molecular formula is C22H25N3O4S2. The Labute approximate surface area is 186 Å². The van der Waals surface area contributed by atoms with Crippen LogP contribution in [-0.4, -0.2) is 33.0 Å². The minimum atomic E-state index is -3.68. The van der Waals surface area contributed by atoms with Crippen LogP contribution in [0.15, 0.2) is 58.8 Å². The summed E-state index contributed by atoms with van der Waals surface area (Å²) in [7, 11) is -2.06. The van der Waals surface area contributed by atoms with E-state index in [-0.39, 0.29) is 22.4 Å². The monoisotopic (exact) mass is 459 g/mol. The Morgan fingerprint density at radius 1 is 1.06 bits per heavy atom. The van der Waals surface area contributed by atoms with Gasteiger partial charge in [-0.2, -0.15) is 0 Å². The number of hydrogen-bond donors (Lipinski definition) is 2. The van der Waals surface area contributed by atoms with Crippen LogP contribution in [0, 0.1) is 6.92 Å². The van der Waals surface area contributed by atoms with E-state index in [9.17, 15) is 13.2 Å². The molecule has 31 heavy (non-hydrogen) atoms. The molecule has 0 aliphatic rings. The van der Waals surface area contributed by atoms with Crippen molar-refractivity contribution in [1.82, 2.24) is 10.3 Å². The predicted molar refractivity (Wildman–Crippen MR) is 122 cm³/mol. The van der Waals surface area contributed by atoms with Crippen LogP contribution >= 0.6 is 11.3 Å². The second kappa shape index (κ2) is 10.4. The summed E-state index contributed by atoms with van der Waals surface area (Å²) in [6.07, 6.45) is 1.46. The van der Waals surface area contributed by atoms with Crippen molar-refractivity contribution >= 4 is 32.4 Å². The van der Waals surface area contributed by atoms with Crippen molar-refractivity contribution in [3.8, 4) is 5.75 Å². The van der Waals surface area contributed by atoms with Crippen molar-refractivity contribution in [3.63, 3.8) is 0 Å². The molecule has 2 aromatic carbocycles. The second-order valence-electron chi connectivity index (χ2n) is 7.01. The number of aromatic nitrogens is 1. The minimum Gasteiger partial charge on any atom is -0.497 e. The van der Waals surface area contributed by atoms with Gasteiger partial charge in [-0.1, -0.05) is 29.8 Å². The average molecular weight is 460 g/mol. The van der Waals surface area contributed by atoms with Gasteiger partial charge in [0.1, 0.15) is 5.75 Å². The number of carbonyl (C=O) groups excluding carboxylic acids is 1. The van der Waals surface area contributed by atoms with E-state index < -0.39 is 10.0 Å². The van der Waals surface area contributed by atoms with Crippen molar-refractivity contribution in [3.05, 3.63) is 70.7 Å². The Balaban J connectivity index is 1.44. The lowest BCUT2D eigenvalue weighted by molar-refractivity contribution is -0.121. The van der Waals surface area contributed by atoms with E-state index in [1.54, 1.807) is 36.8 Å². The van der Waals surface area contributed by atoms with Crippen LogP contribution in [0.4, 0.5) is 5.13 Å². The van der Waals surface area contributed by atoms with Gasteiger partial charge in [-0.15, -0.1) is 11.3 Å². The van der Waals surface area contributed by atoms with Gasteiger partial charge in [-0.25, -0.2) is 13.4 Å². The number of ether oxygens (including phenoxy) is 1. The smallest absolute Gasteiger partial charge is 0.263 e. The maximum absolute atomic E-state index is 12.4.